The summed E-state index contributed by atoms with van der Waals surface area (Å²) in [5, 5.41) is 6.66. The molecule has 0 saturated carbocycles. The number of alkyl halides is 3. The number of rotatable bonds is 1. The number of hydrogen-bond donors (Lipinski definition) is 1. The highest BCUT2D eigenvalue weighted by Crippen LogP contribution is 2.27. The number of H-pyrrole nitrogens is 1. The van der Waals surface area contributed by atoms with Crippen LogP contribution in [0, 0.1) is 3.70 Å². The van der Waals surface area contributed by atoms with Crippen molar-refractivity contribution in [1.82, 2.24) is 15.1 Å². The van der Waals surface area contributed by atoms with Crippen molar-refractivity contribution in [3.05, 3.63) is 15.0 Å². The van der Waals surface area contributed by atoms with Gasteiger partial charge in [-0.3, -0.25) is 10.00 Å². The summed E-state index contributed by atoms with van der Waals surface area (Å²) in [5.74, 6) is 0. The van der Waals surface area contributed by atoms with Gasteiger partial charge in [-0.05, 0) is 22.6 Å². The van der Waals surface area contributed by atoms with Crippen molar-refractivity contribution >= 4 is 22.6 Å². The van der Waals surface area contributed by atoms with Crippen LogP contribution in [0.1, 0.15) is 11.3 Å². The summed E-state index contributed by atoms with van der Waals surface area (Å²) in [6, 6.07) is 0. The molecule has 0 saturated heterocycles. The zero-order valence-electron chi connectivity index (χ0n) is 7.03. The maximum absolute atomic E-state index is 12.1. The summed E-state index contributed by atoms with van der Waals surface area (Å²) < 4.78 is 37.0. The lowest BCUT2D eigenvalue weighted by atomic mass is 10.3. The molecule has 1 aromatic rings. The second-order valence-electron chi connectivity index (χ2n) is 3.23. The Labute approximate surface area is 91.8 Å². The third-order valence-corrected chi connectivity index (χ3v) is 2.96. The van der Waals surface area contributed by atoms with Gasteiger partial charge in [-0.2, -0.15) is 18.3 Å². The fourth-order valence-corrected chi connectivity index (χ4v) is 2.15. The number of halogens is 4. The fourth-order valence-electron chi connectivity index (χ4n) is 1.54. The minimum atomic E-state index is -4.12. The molecule has 1 aliphatic rings. The Morgan fingerprint density at radius 1 is 1.43 bits per heavy atom. The zero-order chi connectivity index (χ0) is 10.3. The van der Waals surface area contributed by atoms with Crippen molar-refractivity contribution < 1.29 is 13.2 Å². The highest BCUT2D eigenvalue weighted by atomic mass is 127. The lowest BCUT2D eigenvalue weighted by Crippen LogP contribution is -2.30. The minimum absolute atomic E-state index is 0.310. The van der Waals surface area contributed by atoms with Gasteiger partial charge in [0.25, 0.3) is 0 Å². The SMILES string of the molecule is FC(F)(F)CN1Cc2[nH]nc(I)c2C1. The molecule has 0 amide bonds. The van der Waals surface area contributed by atoms with E-state index in [2.05, 4.69) is 10.2 Å². The van der Waals surface area contributed by atoms with Crippen molar-refractivity contribution in [2.45, 2.75) is 19.3 Å². The van der Waals surface area contributed by atoms with Crippen molar-refractivity contribution in [2.75, 3.05) is 6.54 Å². The number of hydrogen-bond acceptors (Lipinski definition) is 2. The van der Waals surface area contributed by atoms with Gasteiger partial charge in [0.1, 0.15) is 3.70 Å². The molecule has 1 aromatic heterocycles. The Morgan fingerprint density at radius 2 is 2.14 bits per heavy atom. The van der Waals surface area contributed by atoms with Crippen LogP contribution in [0.2, 0.25) is 0 Å². The highest BCUT2D eigenvalue weighted by Gasteiger charge is 2.34. The molecule has 0 unspecified atom stereocenters. The van der Waals surface area contributed by atoms with Crippen LogP contribution in [0.5, 0.6) is 0 Å². The van der Waals surface area contributed by atoms with Crippen molar-refractivity contribution in [2.24, 2.45) is 0 Å². The Morgan fingerprint density at radius 3 is 2.71 bits per heavy atom. The maximum Gasteiger partial charge on any atom is 0.401 e. The van der Waals surface area contributed by atoms with E-state index in [1.165, 1.54) is 4.90 Å². The van der Waals surface area contributed by atoms with Crippen LogP contribution in [0.4, 0.5) is 13.2 Å². The van der Waals surface area contributed by atoms with E-state index in [9.17, 15) is 13.2 Å². The molecule has 0 spiro atoms. The standard InChI is InChI=1S/C7H7F3IN3/c8-7(9,10)3-14-1-4-5(2-14)12-13-6(4)11/h1-3H2,(H,12,13). The van der Waals surface area contributed by atoms with E-state index in [0.717, 1.165) is 15.0 Å². The number of aromatic nitrogens is 2. The molecule has 2 rings (SSSR count). The zero-order valence-corrected chi connectivity index (χ0v) is 9.19. The maximum atomic E-state index is 12.1. The van der Waals surface area contributed by atoms with E-state index in [0.29, 0.717) is 13.1 Å². The van der Waals surface area contributed by atoms with Crippen LogP contribution in [-0.2, 0) is 13.1 Å². The molecular formula is C7H7F3IN3. The average molecular weight is 317 g/mol. The monoisotopic (exact) mass is 317 g/mol. The quantitative estimate of drug-likeness (QED) is 0.802. The topological polar surface area (TPSA) is 31.9 Å². The van der Waals surface area contributed by atoms with Gasteiger partial charge in [-0.15, -0.1) is 0 Å². The third kappa shape index (κ3) is 2.02. The molecule has 1 aliphatic heterocycles. The van der Waals surface area contributed by atoms with E-state index in [-0.39, 0.29) is 0 Å². The molecule has 0 aliphatic carbocycles. The molecule has 2 heterocycles. The predicted octanol–water partition coefficient (Wildman–Crippen LogP) is 1.89. The molecule has 7 heteroatoms. The molecule has 0 aromatic carbocycles. The van der Waals surface area contributed by atoms with Gasteiger partial charge in [0.2, 0.25) is 0 Å². The van der Waals surface area contributed by atoms with Gasteiger partial charge in [-0.25, -0.2) is 0 Å². The Hall–Kier alpha value is -0.310. The first-order valence-corrected chi connectivity index (χ1v) is 5.04. The van der Waals surface area contributed by atoms with Crippen LogP contribution >= 0.6 is 22.6 Å². The van der Waals surface area contributed by atoms with E-state index < -0.39 is 12.7 Å². The van der Waals surface area contributed by atoms with E-state index >= 15 is 0 Å². The van der Waals surface area contributed by atoms with E-state index in [1.54, 1.807) is 0 Å². The second kappa shape index (κ2) is 3.37. The Balaban J connectivity index is 2.05. The molecule has 3 nitrogen and oxygen atoms in total. The second-order valence-corrected chi connectivity index (χ2v) is 4.25. The van der Waals surface area contributed by atoms with Crippen LogP contribution < -0.4 is 0 Å². The highest BCUT2D eigenvalue weighted by molar-refractivity contribution is 14.1. The molecule has 1 N–H and O–H groups in total. The normalized spacial score (nSPS) is 17.4. The van der Waals surface area contributed by atoms with Gasteiger partial charge in [0.15, 0.2) is 0 Å². The van der Waals surface area contributed by atoms with Crippen LogP contribution in [0.15, 0.2) is 0 Å². The number of aromatic amines is 1. The van der Waals surface area contributed by atoms with Gasteiger partial charge in [-0.1, -0.05) is 0 Å². The summed E-state index contributed by atoms with van der Waals surface area (Å²) in [4.78, 5) is 1.35. The van der Waals surface area contributed by atoms with E-state index in [1.807, 2.05) is 22.6 Å². The van der Waals surface area contributed by atoms with E-state index in [4.69, 9.17) is 0 Å². The molecule has 0 atom stereocenters. The molecule has 0 bridgehead atoms. The lowest BCUT2D eigenvalue weighted by Gasteiger charge is -2.16. The molecule has 78 valence electrons. The first-order chi connectivity index (χ1) is 6.46. The Kier molecular flexibility index (Phi) is 2.46. The van der Waals surface area contributed by atoms with Crippen molar-refractivity contribution in [1.29, 1.82) is 0 Å². The smallest absolute Gasteiger partial charge is 0.285 e. The largest absolute Gasteiger partial charge is 0.401 e. The summed E-state index contributed by atoms with van der Waals surface area (Å²) in [5.41, 5.74) is 1.70. The molecule has 0 fully saturated rings. The third-order valence-electron chi connectivity index (χ3n) is 2.07. The summed E-state index contributed by atoms with van der Waals surface area (Å²) >= 11 is 2.02. The van der Waals surface area contributed by atoms with Crippen molar-refractivity contribution in [3.63, 3.8) is 0 Å². The fraction of sp³-hybridized carbons (Fsp3) is 0.571. The Bertz CT molecular complexity index is 346. The minimum Gasteiger partial charge on any atom is -0.285 e. The summed E-state index contributed by atoms with van der Waals surface area (Å²) in [6.45, 7) is -0.208. The summed E-state index contributed by atoms with van der Waals surface area (Å²) in [6.07, 6.45) is -4.12. The predicted molar refractivity (Wildman–Crippen MR) is 51.5 cm³/mol. The van der Waals surface area contributed by atoms with Crippen molar-refractivity contribution in [3.8, 4) is 0 Å². The lowest BCUT2D eigenvalue weighted by molar-refractivity contribution is -0.147. The molecule has 0 radical (unpaired) electrons. The first-order valence-electron chi connectivity index (χ1n) is 3.96. The van der Waals surface area contributed by atoms with Gasteiger partial charge >= 0.3 is 6.18 Å². The van der Waals surface area contributed by atoms with Gasteiger partial charge in [0.05, 0.1) is 12.2 Å². The first kappa shape index (κ1) is 10.2. The van der Waals surface area contributed by atoms with Crippen LogP contribution in [0.3, 0.4) is 0 Å². The number of nitrogens with one attached hydrogen (secondary N) is 1. The molecule has 14 heavy (non-hydrogen) atoms. The van der Waals surface area contributed by atoms with Crippen LogP contribution in [-0.4, -0.2) is 27.8 Å². The average Bonchev–Trinajstić information content (AvgIpc) is 2.51. The van der Waals surface area contributed by atoms with Crippen LogP contribution in [0.25, 0.3) is 0 Å². The summed E-state index contributed by atoms with van der Waals surface area (Å²) in [7, 11) is 0. The molecular weight excluding hydrogens is 310 g/mol. The number of fused-ring (bicyclic) bond motifs is 1. The number of nitrogens with zero attached hydrogens (tertiary/aromatic N) is 2. The van der Waals surface area contributed by atoms with Gasteiger partial charge in [0, 0.05) is 18.7 Å². The van der Waals surface area contributed by atoms with Gasteiger partial charge < -0.3 is 0 Å².